The maximum Gasteiger partial charge on any atom is 0.191 e. The molecule has 4 rings (SSSR count). The number of thioether (sulfide) groups is 1. The summed E-state index contributed by atoms with van der Waals surface area (Å²) in [5.41, 5.74) is 1.20. The van der Waals surface area contributed by atoms with Gasteiger partial charge in [0.2, 0.25) is 0 Å². The van der Waals surface area contributed by atoms with E-state index in [-0.39, 0.29) is 17.7 Å². The summed E-state index contributed by atoms with van der Waals surface area (Å²) in [5.74, 6) is 0.317. The maximum absolute atomic E-state index is 14.1. The number of rotatable bonds is 6. The molecule has 1 aliphatic heterocycles. The van der Waals surface area contributed by atoms with E-state index in [1.165, 1.54) is 30.0 Å². The Morgan fingerprint density at radius 3 is 2.68 bits per heavy atom. The molecule has 0 bridgehead atoms. The minimum Gasteiger partial charge on any atom is -0.376 e. The molecule has 0 spiro atoms. The van der Waals surface area contributed by atoms with E-state index in [9.17, 15) is 8.78 Å². The first-order valence-corrected chi connectivity index (χ1v) is 10.3. The van der Waals surface area contributed by atoms with Crippen LogP contribution in [0.1, 0.15) is 18.4 Å². The van der Waals surface area contributed by atoms with Crippen molar-refractivity contribution in [2.24, 2.45) is 0 Å². The van der Waals surface area contributed by atoms with Crippen molar-refractivity contribution in [2.75, 3.05) is 6.61 Å². The lowest BCUT2D eigenvalue weighted by Gasteiger charge is -2.15. The molecule has 8 heteroatoms. The van der Waals surface area contributed by atoms with Crippen LogP contribution in [0.25, 0.3) is 11.4 Å². The van der Waals surface area contributed by atoms with Crippen molar-refractivity contribution in [2.45, 2.75) is 36.4 Å². The number of hydrogen-bond acceptors (Lipinski definition) is 4. The van der Waals surface area contributed by atoms with E-state index in [0.717, 1.165) is 25.0 Å². The molecule has 0 N–H and O–H groups in total. The smallest absolute Gasteiger partial charge is 0.191 e. The van der Waals surface area contributed by atoms with E-state index < -0.39 is 0 Å². The second-order valence-corrected chi connectivity index (χ2v) is 7.90. The van der Waals surface area contributed by atoms with Gasteiger partial charge in [0.15, 0.2) is 11.0 Å². The zero-order valence-corrected chi connectivity index (χ0v) is 16.5. The fourth-order valence-corrected chi connectivity index (χ4v) is 4.46. The molecule has 1 unspecified atom stereocenters. The van der Waals surface area contributed by atoms with Crippen LogP contribution in [0.4, 0.5) is 8.78 Å². The molecule has 1 saturated heterocycles. The molecule has 1 fully saturated rings. The van der Waals surface area contributed by atoms with Crippen LogP contribution in [0, 0.1) is 11.6 Å². The summed E-state index contributed by atoms with van der Waals surface area (Å²) in [6.07, 6.45) is 2.06. The Hall–Kier alpha value is -1.96. The molecule has 1 aromatic heterocycles. The second kappa shape index (κ2) is 8.59. The van der Waals surface area contributed by atoms with Gasteiger partial charge >= 0.3 is 0 Å². The monoisotopic (exact) mass is 421 g/mol. The first-order chi connectivity index (χ1) is 13.6. The molecule has 0 saturated carbocycles. The second-order valence-electron chi connectivity index (χ2n) is 6.55. The van der Waals surface area contributed by atoms with Crippen molar-refractivity contribution < 1.29 is 13.5 Å². The topological polar surface area (TPSA) is 39.9 Å². The van der Waals surface area contributed by atoms with Crippen molar-refractivity contribution in [3.63, 3.8) is 0 Å². The number of aromatic nitrogens is 3. The van der Waals surface area contributed by atoms with Gasteiger partial charge in [0.1, 0.15) is 11.6 Å². The SMILES string of the molecule is Fc1ccc(-c2nnc(SCc3c(F)cccc3Cl)n2CC2CCCO2)cc1. The van der Waals surface area contributed by atoms with Gasteiger partial charge in [-0.15, -0.1) is 10.2 Å². The highest BCUT2D eigenvalue weighted by Crippen LogP contribution is 2.31. The maximum atomic E-state index is 14.1. The van der Waals surface area contributed by atoms with Crippen molar-refractivity contribution >= 4 is 23.4 Å². The highest BCUT2D eigenvalue weighted by molar-refractivity contribution is 7.98. The highest BCUT2D eigenvalue weighted by atomic mass is 35.5. The summed E-state index contributed by atoms with van der Waals surface area (Å²) in [6, 6.07) is 10.8. The van der Waals surface area contributed by atoms with Crippen LogP contribution < -0.4 is 0 Å². The van der Waals surface area contributed by atoms with E-state index in [0.29, 0.717) is 33.9 Å². The van der Waals surface area contributed by atoms with Crippen molar-refractivity contribution in [3.8, 4) is 11.4 Å². The molecule has 4 nitrogen and oxygen atoms in total. The summed E-state index contributed by atoms with van der Waals surface area (Å²) in [7, 11) is 0. The molecule has 28 heavy (non-hydrogen) atoms. The lowest BCUT2D eigenvalue weighted by Crippen LogP contribution is -2.16. The largest absolute Gasteiger partial charge is 0.376 e. The van der Waals surface area contributed by atoms with Crippen LogP contribution in [0.5, 0.6) is 0 Å². The van der Waals surface area contributed by atoms with E-state index >= 15 is 0 Å². The predicted molar refractivity (Wildman–Crippen MR) is 105 cm³/mol. The van der Waals surface area contributed by atoms with Crippen LogP contribution >= 0.6 is 23.4 Å². The molecule has 0 amide bonds. The van der Waals surface area contributed by atoms with Crippen LogP contribution in [0.3, 0.4) is 0 Å². The van der Waals surface area contributed by atoms with Gasteiger partial charge < -0.3 is 4.74 Å². The van der Waals surface area contributed by atoms with Gasteiger partial charge in [-0.2, -0.15) is 0 Å². The van der Waals surface area contributed by atoms with Gasteiger partial charge in [-0.1, -0.05) is 29.4 Å². The summed E-state index contributed by atoms with van der Waals surface area (Å²) < 4.78 is 35.1. The van der Waals surface area contributed by atoms with E-state index in [2.05, 4.69) is 10.2 Å². The van der Waals surface area contributed by atoms with Gasteiger partial charge in [0.25, 0.3) is 0 Å². The zero-order valence-electron chi connectivity index (χ0n) is 14.9. The molecule has 3 aromatic rings. The van der Waals surface area contributed by atoms with E-state index in [1.54, 1.807) is 24.3 Å². The van der Waals surface area contributed by atoms with Gasteiger partial charge in [-0.25, -0.2) is 8.78 Å². The molecule has 146 valence electrons. The van der Waals surface area contributed by atoms with E-state index in [1.807, 2.05) is 4.57 Å². The highest BCUT2D eigenvalue weighted by Gasteiger charge is 2.22. The normalized spacial score (nSPS) is 16.6. The Morgan fingerprint density at radius 2 is 1.96 bits per heavy atom. The average molecular weight is 422 g/mol. The third-order valence-electron chi connectivity index (χ3n) is 4.64. The summed E-state index contributed by atoms with van der Waals surface area (Å²) in [4.78, 5) is 0. The van der Waals surface area contributed by atoms with Gasteiger partial charge in [0, 0.05) is 28.5 Å². The summed E-state index contributed by atoms with van der Waals surface area (Å²) in [5, 5.41) is 9.63. The van der Waals surface area contributed by atoms with Crippen LogP contribution in [-0.2, 0) is 17.0 Å². The Morgan fingerprint density at radius 1 is 1.14 bits per heavy atom. The number of hydrogen-bond donors (Lipinski definition) is 0. The minimum absolute atomic E-state index is 0.0756. The molecular weight excluding hydrogens is 404 g/mol. The lowest BCUT2D eigenvalue weighted by molar-refractivity contribution is 0.0953. The number of nitrogens with zero attached hydrogens (tertiary/aromatic N) is 3. The van der Waals surface area contributed by atoms with Crippen molar-refractivity contribution in [1.29, 1.82) is 0 Å². The third kappa shape index (κ3) is 4.21. The summed E-state index contributed by atoms with van der Waals surface area (Å²) >= 11 is 7.50. The molecule has 2 heterocycles. The van der Waals surface area contributed by atoms with Gasteiger partial charge in [0.05, 0.1) is 12.6 Å². The van der Waals surface area contributed by atoms with Gasteiger partial charge in [-0.3, -0.25) is 4.57 Å². The zero-order chi connectivity index (χ0) is 19.5. The molecule has 2 aromatic carbocycles. The minimum atomic E-state index is -0.344. The number of benzene rings is 2. The first-order valence-electron chi connectivity index (χ1n) is 8.98. The molecule has 0 radical (unpaired) electrons. The fourth-order valence-electron chi connectivity index (χ4n) is 3.17. The fraction of sp³-hybridized carbons (Fsp3) is 0.300. The predicted octanol–water partition coefficient (Wildman–Crippen LogP) is 5.35. The van der Waals surface area contributed by atoms with Crippen LogP contribution in [-0.4, -0.2) is 27.5 Å². The van der Waals surface area contributed by atoms with E-state index in [4.69, 9.17) is 16.3 Å². The average Bonchev–Trinajstić information content (AvgIpc) is 3.33. The number of halogens is 3. The standard InChI is InChI=1S/C20H18ClF2N3OS/c21-17-4-1-5-18(23)16(17)12-28-20-25-24-19(13-6-8-14(22)9-7-13)26(20)11-15-3-2-10-27-15/h1,4-9,15H,2-3,10-12H2. The van der Waals surface area contributed by atoms with Crippen molar-refractivity contribution in [1.82, 2.24) is 14.8 Å². The lowest BCUT2D eigenvalue weighted by atomic mass is 10.2. The molecule has 1 atom stereocenters. The first kappa shape index (κ1) is 19.4. The Balaban J connectivity index is 1.63. The Bertz CT molecular complexity index is 938. The Labute approximate surface area is 170 Å². The van der Waals surface area contributed by atoms with Crippen LogP contribution in [0.2, 0.25) is 5.02 Å². The third-order valence-corrected chi connectivity index (χ3v) is 5.98. The molecule has 1 aliphatic rings. The van der Waals surface area contributed by atoms with Crippen LogP contribution in [0.15, 0.2) is 47.6 Å². The Kier molecular flexibility index (Phi) is 5.94. The summed E-state index contributed by atoms with van der Waals surface area (Å²) in [6.45, 7) is 1.33. The molecular formula is C20H18ClF2N3OS. The number of ether oxygens (including phenoxy) is 1. The molecule has 0 aliphatic carbocycles. The van der Waals surface area contributed by atoms with Crippen molar-refractivity contribution in [3.05, 3.63) is 64.7 Å². The van der Waals surface area contributed by atoms with Gasteiger partial charge in [-0.05, 0) is 49.2 Å². The quantitative estimate of drug-likeness (QED) is 0.503.